The van der Waals surface area contributed by atoms with Crippen molar-refractivity contribution in [2.75, 3.05) is 11.4 Å². The van der Waals surface area contributed by atoms with E-state index in [1.54, 1.807) is 23.5 Å². The van der Waals surface area contributed by atoms with Crippen LogP contribution < -0.4 is 10.2 Å². The van der Waals surface area contributed by atoms with E-state index in [0.29, 0.717) is 12.1 Å². The molecule has 0 radical (unpaired) electrons. The molecule has 1 heterocycles. The summed E-state index contributed by atoms with van der Waals surface area (Å²) in [6.07, 6.45) is 2.40. The molecule has 1 amide bonds. The number of carbonyl (C=O) groups is 2. The molecule has 2 N–H and O–H groups in total. The molecule has 7 heteroatoms. The maximum absolute atomic E-state index is 12.7. The molecule has 0 saturated carbocycles. The van der Waals surface area contributed by atoms with Gasteiger partial charge < -0.3 is 15.3 Å². The highest BCUT2D eigenvalue weighted by molar-refractivity contribution is 7.13. The quantitative estimate of drug-likeness (QED) is 0.359. The number of carboxylic acid groups (broad SMARTS) is 1. The number of carbonyl (C=O) groups excluding carboxylic acids is 1. The average molecular weight is 494 g/mol. The molecule has 0 spiro atoms. The number of benzene rings is 2. The Morgan fingerprint density at radius 1 is 1.06 bits per heavy atom. The molecule has 0 bridgehead atoms. The number of anilines is 1. The number of hydrogen-bond acceptors (Lipinski definition) is 5. The molecule has 6 nitrogen and oxygen atoms in total. The molecule has 35 heavy (non-hydrogen) atoms. The summed E-state index contributed by atoms with van der Waals surface area (Å²) < 4.78 is 0. The molecule has 3 rings (SSSR count). The van der Waals surface area contributed by atoms with Crippen LogP contribution in [-0.4, -0.2) is 34.6 Å². The van der Waals surface area contributed by atoms with E-state index in [-0.39, 0.29) is 11.8 Å². The minimum atomic E-state index is -1.05. The lowest BCUT2D eigenvalue weighted by atomic mass is 9.93. The fourth-order valence-electron chi connectivity index (χ4n) is 3.62. The van der Waals surface area contributed by atoms with E-state index in [2.05, 4.69) is 43.3 Å². The Balaban J connectivity index is 1.68. The summed E-state index contributed by atoms with van der Waals surface area (Å²) in [4.78, 5) is 31.6. The molecular formula is C28H35N3O3S. The maximum atomic E-state index is 12.7. The van der Waals surface area contributed by atoms with Crippen molar-refractivity contribution in [3.8, 4) is 0 Å². The number of unbranched alkanes of at least 4 members (excludes halogenated alkanes) is 1. The minimum Gasteiger partial charge on any atom is -0.480 e. The zero-order chi connectivity index (χ0) is 25.4. The molecule has 0 fully saturated rings. The monoisotopic (exact) mass is 493 g/mol. The molecular weight excluding hydrogens is 458 g/mol. The van der Waals surface area contributed by atoms with Gasteiger partial charge >= 0.3 is 5.97 Å². The Hall–Kier alpha value is -3.19. The van der Waals surface area contributed by atoms with Crippen LogP contribution in [-0.2, 0) is 23.2 Å². The Kier molecular flexibility index (Phi) is 9.04. The predicted octanol–water partition coefficient (Wildman–Crippen LogP) is 5.67. The van der Waals surface area contributed by atoms with E-state index in [1.165, 1.54) is 0 Å². The van der Waals surface area contributed by atoms with Gasteiger partial charge in [-0.3, -0.25) is 4.79 Å². The smallest absolute Gasteiger partial charge is 0.326 e. The van der Waals surface area contributed by atoms with E-state index in [9.17, 15) is 14.7 Å². The lowest BCUT2D eigenvalue weighted by molar-refractivity contribution is -0.139. The first kappa shape index (κ1) is 26.4. The topological polar surface area (TPSA) is 82.5 Å². The Bertz CT molecular complexity index is 1100. The molecule has 0 saturated heterocycles. The lowest BCUT2D eigenvalue weighted by Crippen LogP contribution is -2.42. The number of aromatic nitrogens is 1. The van der Waals surface area contributed by atoms with Gasteiger partial charge in [0, 0.05) is 35.9 Å². The Morgan fingerprint density at radius 2 is 1.74 bits per heavy atom. The number of nitrogens with zero attached hydrogens (tertiary/aromatic N) is 2. The van der Waals surface area contributed by atoms with Crippen LogP contribution in [0.5, 0.6) is 0 Å². The van der Waals surface area contributed by atoms with Crippen LogP contribution in [0.2, 0.25) is 0 Å². The third-order valence-corrected chi connectivity index (χ3v) is 6.69. The zero-order valence-corrected chi connectivity index (χ0v) is 21.8. The van der Waals surface area contributed by atoms with E-state index in [0.717, 1.165) is 41.3 Å². The first-order chi connectivity index (χ1) is 16.7. The van der Waals surface area contributed by atoms with Crippen LogP contribution in [0.1, 0.15) is 67.7 Å². The number of hydrogen-bond donors (Lipinski definition) is 2. The van der Waals surface area contributed by atoms with Crippen molar-refractivity contribution in [2.24, 2.45) is 0 Å². The molecule has 186 valence electrons. The van der Waals surface area contributed by atoms with Crippen molar-refractivity contribution in [3.63, 3.8) is 0 Å². The van der Waals surface area contributed by atoms with Gasteiger partial charge in [-0.1, -0.05) is 76.6 Å². The Labute approximate surface area is 212 Å². The summed E-state index contributed by atoms with van der Waals surface area (Å²) in [7, 11) is 0. The van der Waals surface area contributed by atoms with Crippen molar-refractivity contribution in [1.82, 2.24) is 10.3 Å². The largest absolute Gasteiger partial charge is 0.480 e. The summed E-state index contributed by atoms with van der Waals surface area (Å²) in [5.41, 5.74) is 3.48. The third kappa shape index (κ3) is 7.65. The first-order valence-corrected chi connectivity index (χ1v) is 12.9. The molecule has 0 aliphatic carbocycles. The second-order valence-corrected chi connectivity index (χ2v) is 10.6. The normalized spacial score (nSPS) is 12.2. The van der Waals surface area contributed by atoms with E-state index < -0.39 is 17.9 Å². The fourth-order valence-corrected chi connectivity index (χ4v) is 4.70. The van der Waals surface area contributed by atoms with Gasteiger partial charge in [0.05, 0.1) is 5.69 Å². The minimum absolute atomic E-state index is 0.00844. The maximum Gasteiger partial charge on any atom is 0.326 e. The van der Waals surface area contributed by atoms with Gasteiger partial charge in [-0.2, -0.15) is 0 Å². The zero-order valence-electron chi connectivity index (χ0n) is 21.0. The van der Waals surface area contributed by atoms with Crippen LogP contribution in [0.25, 0.3) is 0 Å². The highest BCUT2D eigenvalue weighted by atomic mass is 32.1. The number of aliphatic carboxylic acids is 1. The van der Waals surface area contributed by atoms with E-state index >= 15 is 0 Å². The molecule has 1 aromatic heterocycles. The van der Waals surface area contributed by atoms with Gasteiger partial charge in [-0.15, -0.1) is 11.3 Å². The van der Waals surface area contributed by atoms with Crippen molar-refractivity contribution < 1.29 is 14.7 Å². The van der Waals surface area contributed by atoms with Crippen molar-refractivity contribution in [3.05, 3.63) is 82.4 Å². The second kappa shape index (κ2) is 12.0. The summed E-state index contributed by atoms with van der Waals surface area (Å²) >= 11 is 1.67. The van der Waals surface area contributed by atoms with Gasteiger partial charge in [-0.05, 0) is 29.7 Å². The van der Waals surface area contributed by atoms with Crippen LogP contribution in [0, 0.1) is 0 Å². The highest BCUT2D eigenvalue weighted by Crippen LogP contribution is 2.29. The van der Waals surface area contributed by atoms with Crippen molar-refractivity contribution in [1.29, 1.82) is 0 Å². The van der Waals surface area contributed by atoms with Gasteiger partial charge in [0.2, 0.25) is 0 Å². The first-order valence-electron chi connectivity index (χ1n) is 12.0. The number of rotatable bonds is 11. The molecule has 3 aromatic rings. The summed E-state index contributed by atoms with van der Waals surface area (Å²) in [6.45, 7) is 10.3. The second-order valence-electron chi connectivity index (χ2n) is 9.79. The molecule has 1 unspecified atom stereocenters. The summed E-state index contributed by atoms with van der Waals surface area (Å²) in [5.74, 6) is -1.44. The van der Waals surface area contributed by atoms with Crippen molar-refractivity contribution in [2.45, 2.75) is 65.0 Å². The van der Waals surface area contributed by atoms with Gasteiger partial charge in [0.25, 0.3) is 5.91 Å². The summed E-state index contributed by atoms with van der Waals surface area (Å²) in [6, 6.07) is 15.7. The summed E-state index contributed by atoms with van der Waals surface area (Å²) in [5, 5.41) is 15.4. The number of thiazole rings is 1. The molecule has 1 atom stereocenters. The number of carboxylic acids is 1. The third-order valence-electron chi connectivity index (χ3n) is 5.79. The van der Waals surface area contributed by atoms with Crippen LogP contribution in [0.3, 0.4) is 0 Å². The average Bonchev–Trinajstić information content (AvgIpc) is 3.33. The van der Waals surface area contributed by atoms with E-state index in [1.807, 2.05) is 42.5 Å². The van der Waals surface area contributed by atoms with Crippen LogP contribution in [0.4, 0.5) is 5.13 Å². The predicted molar refractivity (Wildman–Crippen MR) is 142 cm³/mol. The highest BCUT2D eigenvalue weighted by Gasteiger charge is 2.22. The van der Waals surface area contributed by atoms with Crippen LogP contribution >= 0.6 is 11.3 Å². The van der Waals surface area contributed by atoms with Crippen molar-refractivity contribution >= 4 is 28.3 Å². The van der Waals surface area contributed by atoms with E-state index in [4.69, 9.17) is 4.98 Å². The van der Waals surface area contributed by atoms with Gasteiger partial charge in [-0.25, -0.2) is 9.78 Å². The fraction of sp³-hybridized carbons (Fsp3) is 0.393. The standard InChI is InChI=1S/C28H35N3O3S/c1-5-6-16-31(27-30-24(19-35-27)28(2,3)4)18-21-12-14-22(15-13-21)25(32)29-23(26(33)34)17-20-10-8-7-9-11-20/h7-15,19,23H,5-6,16-18H2,1-4H3,(H,29,32)(H,33,34). The van der Waals surface area contributed by atoms with Gasteiger partial charge in [0.15, 0.2) is 5.13 Å². The van der Waals surface area contributed by atoms with Crippen LogP contribution in [0.15, 0.2) is 60.0 Å². The number of amides is 1. The SMILES string of the molecule is CCCCN(Cc1ccc(C(=O)NC(Cc2ccccc2)C(=O)O)cc1)c1nc(C(C)(C)C)cs1. The lowest BCUT2D eigenvalue weighted by Gasteiger charge is -2.22. The van der Waals surface area contributed by atoms with Gasteiger partial charge in [0.1, 0.15) is 6.04 Å². The number of nitrogens with one attached hydrogen (secondary N) is 1. The molecule has 0 aliphatic heterocycles. The molecule has 0 aliphatic rings. The molecule has 2 aromatic carbocycles. The Morgan fingerprint density at radius 3 is 2.31 bits per heavy atom.